The van der Waals surface area contributed by atoms with E-state index < -0.39 is 0 Å². The molecule has 1 aromatic heterocycles. The van der Waals surface area contributed by atoms with E-state index in [1.807, 2.05) is 12.1 Å². The van der Waals surface area contributed by atoms with Crippen molar-refractivity contribution in [1.29, 1.82) is 5.26 Å². The molecule has 4 heteroatoms. The van der Waals surface area contributed by atoms with Gasteiger partial charge in [-0.25, -0.2) is 4.98 Å². The van der Waals surface area contributed by atoms with Crippen molar-refractivity contribution in [2.24, 2.45) is 0 Å². The minimum atomic E-state index is 0.235. The van der Waals surface area contributed by atoms with Crippen LogP contribution in [0.1, 0.15) is 36.9 Å². The summed E-state index contributed by atoms with van der Waals surface area (Å²) in [5.74, 6) is 0. The average Bonchev–Trinajstić information content (AvgIpc) is 2.42. The summed E-state index contributed by atoms with van der Waals surface area (Å²) in [4.78, 5) is 6.47. The molecule has 1 aliphatic heterocycles. The number of aliphatic hydroxyl groups excluding tert-OH is 1. The summed E-state index contributed by atoms with van der Waals surface area (Å²) in [7, 11) is 0. The number of aliphatic hydroxyl groups is 1. The molecule has 1 saturated heterocycles. The summed E-state index contributed by atoms with van der Waals surface area (Å²) in [6.45, 7) is 2.05. The van der Waals surface area contributed by atoms with E-state index in [1.165, 1.54) is 12.8 Å². The molecule has 0 radical (unpaired) electrons. The third kappa shape index (κ3) is 3.06. The van der Waals surface area contributed by atoms with Gasteiger partial charge in [-0.1, -0.05) is 12.5 Å². The third-order valence-electron chi connectivity index (χ3n) is 3.58. The number of hydrogen-bond acceptors (Lipinski definition) is 4. The zero-order valence-electron chi connectivity index (χ0n) is 10.5. The average molecular weight is 245 g/mol. The molecular weight excluding hydrogens is 226 g/mol. The Morgan fingerprint density at radius 3 is 3.17 bits per heavy atom. The van der Waals surface area contributed by atoms with Crippen molar-refractivity contribution in [3.8, 4) is 6.07 Å². The van der Waals surface area contributed by atoms with E-state index in [0.717, 1.165) is 31.5 Å². The zero-order valence-corrected chi connectivity index (χ0v) is 10.5. The molecule has 1 unspecified atom stereocenters. The minimum Gasteiger partial charge on any atom is -0.396 e. The van der Waals surface area contributed by atoms with Crippen LogP contribution in [0.5, 0.6) is 0 Å². The first-order chi connectivity index (χ1) is 8.85. The second-order valence-corrected chi connectivity index (χ2v) is 4.76. The normalized spacial score (nSPS) is 20.6. The van der Waals surface area contributed by atoms with Gasteiger partial charge in [0.1, 0.15) is 11.8 Å². The lowest BCUT2D eigenvalue weighted by Crippen LogP contribution is -2.39. The standard InChI is InChI=1S/C14H19N3O/c15-10-14-12(4-3-7-16-14)11-17-8-2-1-5-13(17)6-9-18/h3-4,7,13,18H,1-2,5-6,8-9,11H2. The summed E-state index contributed by atoms with van der Waals surface area (Å²) in [5, 5.41) is 18.2. The van der Waals surface area contributed by atoms with Gasteiger partial charge in [0.15, 0.2) is 0 Å². The van der Waals surface area contributed by atoms with Crippen molar-refractivity contribution in [1.82, 2.24) is 9.88 Å². The lowest BCUT2D eigenvalue weighted by atomic mass is 9.98. The maximum atomic E-state index is 9.11. The van der Waals surface area contributed by atoms with Crippen LogP contribution in [0.4, 0.5) is 0 Å². The van der Waals surface area contributed by atoms with E-state index in [4.69, 9.17) is 10.4 Å². The van der Waals surface area contributed by atoms with Crippen LogP contribution in [0.15, 0.2) is 18.3 Å². The third-order valence-corrected chi connectivity index (χ3v) is 3.58. The number of nitrogens with zero attached hydrogens (tertiary/aromatic N) is 3. The Balaban J connectivity index is 2.09. The molecule has 0 spiro atoms. The van der Waals surface area contributed by atoms with Crippen LogP contribution >= 0.6 is 0 Å². The second-order valence-electron chi connectivity index (χ2n) is 4.76. The molecule has 2 rings (SSSR count). The van der Waals surface area contributed by atoms with Crippen molar-refractivity contribution in [2.75, 3.05) is 13.2 Å². The number of aromatic nitrogens is 1. The highest BCUT2D eigenvalue weighted by Crippen LogP contribution is 2.22. The summed E-state index contributed by atoms with van der Waals surface area (Å²) in [6.07, 6.45) is 6.05. The summed E-state index contributed by atoms with van der Waals surface area (Å²) in [5.41, 5.74) is 1.51. The molecular formula is C14H19N3O. The SMILES string of the molecule is N#Cc1ncccc1CN1CCCCC1CCO. The van der Waals surface area contributed by atoms with Gasteiger partial charge >= 0.3 is 0 Å². The topological polar surface area (TPSA) is 60.2 Å². The predicted octanol–water partition coefficient (Wildman–Crippen LogP) is 1.69. The summed E-state index contributed by atoms with van der Waals surface area (Å²) >= 11 is 0. The van der Waals surface area contributed by atoms with E-state index in [2.05, 4.69) is 16.0 Å². The number of rotatable bonds is 4. The number of hydrogen-bond donors (Lipinski definition) is 1. The van der Waals surface area contributed by atoms with E-state index >= 15 is 0 Å². The lowest BCUT2D eigenvalue weighted by Gasteiger charge is -2.35. The molecule has 0 aliphatic carbocycles. The molecule has 1 aliphatic rings. The predicted molar refractivity (Wildman–Crippen MR) is 68.7 cm³/mol. The molecule has 1 N–H and O–H groups in total. The molecule has 0 aromatic carbocycles. The van der Waals surface area contributed by atoms with Crippen LogP contribution in [0.3, 0.4) is 0 Å². The monoisotopic (exact) mass is 245 g/mol. The highest BCUT2D eigenvalue weighted by atomic mass is 16.3. The van der Waals surface area contributed by atoms with Crippen molar-refractivity contribution in [3.05, 3.63) is 29.6 Å². The van der Waals surface area contributed by atoms with Crippen LogP contribution < -0.4 is 0 Å². The fraction of sp³-hybridized carbons (Fsp3) is 0.571. The first kappa shape index (κ1) is 13.0. The second kappa shape index (κ2) is 6.48. The first-order valence-corrected chi connectivity index (χ1v) is 6.54. The lowest BCUT2D eigenvalue weighted by molar-refractivity contribution is 0.112. The fourth-order valence-corrected chi connectivity index (χ4v) is 2.63. The number of likely N-dealkylation sites (tertiary alicyclic amines) is 1. The molecule has 0 saturated carbocycles. The number of pyridine rings is 1. The molecule has 1 atom stereocenters. The van der Waals surface area contributed by atoms with E-state index in [1.54, 1.807) is 6.20 Å². The largest absolute Gasteiger partial charge is 0.396 e. The van der Waals surface area contributed by atoms with Crippen molar-refractivity contribution < 1.29 is 5.11 Å². The molecule has 1 aromatic rings. The molecule has 4 nitrogen and oxygen atoms in total. The van der Waals surface area contributed by atoms with Gasteiger partial charge in [0.2, 0.25) is 0 Å². The van der Waals surface area contributed by atoms with E-state index in [0.29, 0.717) is 11.7 Å². The molecule has 18 heavy (non-hydrogen) atoms. The smallest absolute Gasteiger partial charge is 0.144 e. The van der Waals surface area contributed by atoms with Gasteiger partial charge in [0.25, 0.3) is 0 Å². The Kier molecular flexibility index (Phi) is 4.68. The maximum Gasteiger partial charge on any atom is 0.144 e. The summed E-state index contributed by atoms with van der Waals surface area (Å²) < 4.78 is 0. The first-order valence-electron chi connectivity index (χ1n) is 6.54. The van der Waals surface area contributed by atoms with Crippen LogP contribution in [0.25, 0.3) is 0 Å². The Labute approximate surface area is 108 Å². The zero-order chi connectivity index (χ0) is 12.8. The molecule has 1 fully saturated rings. The minimum absolute atomic E-state index is 0.235. The van der Waals surface area contributed by atoms with Crippen LogP contribution in [-0.2, 0) is 6.54 Å². The molecule has 0 amide bonds. The quantitative estimate of drug-likeness (QED) is 0.877. The van der Waals surface area contributed by atoms with Gasteiger partial charge in [0, 0.05) is 31.0 Å². The van der Waals surface area contributed by atoms with Crippen molar-refractivity contribution in [2.45, 2.75) is 38.3 Å². The van der Waals surface area contributed by atoms with Gasteiger partial charge in [-0.2, -0.15) is 5.26 Å². The van der Waals surface area contributed by atoms with Gasteiger partial charge < -0.3 is 5.11 Å². The Morgan fingerprint density at radius 2 is 2.39 bits per heavy atom. The van der Waals surface area contributed by atoms with E-state index in [-0.39, 0.29) is 6.61 Å². The molecule has 0 bridgehead atoms. The highest BCUT2D eigenvalue weighted by Gasteiger charge is 2.22. The van der Waals surface area contributed by atoms with Crippen molar-refractivity contribution in [3.63, 3.8) is 0 Å². The van der Waals surface area contributed by atoms with Crippen LogP contribution in [0.2, 0.25) is 0 Å². The van der Waals surface area contributed by atoms with Gasteiger partial charge in [-0.3, -0.25) is 4.90 Å². The highest BCUT2D eigenvalue weighted by molar-refractivity contribution is 5.30. The summed E-state index contributed by atoms with van der Waals surface area (Å²) in [6, 6.07) is 6.43. The van der Waals surface area contributed by atoms with Crippen LogP contribution in [-0.4, -0.2) is 34.2 Å². The van der Waals surface area contributed by atoms with Gasteiger partial charge in [-0.15, -0.1) is 0 Å². The Hall–Kier alpha value is -1.44. The van der Waals surface area contributed by atoms with Crippen molar-refractivity contribution >= 4 is 0 Å². The van der Waals surface area contributed by atoms with Crippen LogP contribution in [0, 0.1) is 11.3 Å². The maximum absolute atomic E-state index is 9.11. The molecule has 2 heterocycles. The van der Waals surface area contributed by atoms with Gasteiger partial charge in [-0.05, 0) is 31.9 Å². The number of piperidine rings is 1. The van der Waals surface area contributed by atoms with E-state index in [9.17, 15) is 0 Å². The van der Waals surface area contributed by atoms with Gasteiger partial charge in [0.05, 0.1) is 0 Å². The number of nitriles is 1. The Bertz CT molecular complexity index is 425. The molecule has 96 valence electrons. The Morgan fingerprint density at radius 1 is 1.50 bits per heavy atom. The fourth-order valence-electron chi connectivity index (χ4n) is 2.63.